The van der Waals surface area contributed by atoms with E-state index in [9.17, 15) is 19.2 Å². The van der Waals surface area contributed by atoms with Gasteiger partial charge in [0.15, 0.2) is 0 Å². The number of carbonyl (C=O) groups is 3. The average molecular weight is 884 g/mol. The fourth-order valence-corrected chi connectivity index (χ4v) is 14.0. The molecule has 12 heteroatoms. The molecule has 1 N–H and O–H groups in total. The van der Waals surface area contributed by atoms with E-state index in [-0.39, 0.29) is 40.5 Å². The number of fused-ring (bicyclic) bond motifs is 11. The van der Waals surface area contributed by atoms with Crippen molar-refractivity contribution in [3.05, 3.63) is 97.5 Å². The number of halogens is 1. The van der Waals surface area contributed by atoms with Crippen LogP contribution in [0.25, 0.3) is 16.6 Å². The molecule has 0 bridgehead atoms. The molecule has 334 valence electrons. The standard InChI is InChI=1S/C52H59ClN6O5/c53-40-5-4-6-41-45(40)48(62)55-50-52(19-2-1-3-20-52)38-13-11-35(27-43(38)59(41)50)34-17-23-56(24-18-34)28-32-7-9-33(10-8-32)29-57-25-21-51(22-26-57)31-64-46-37-30-58(42-15-16-44(60)54-47(42)61)49(63)36(37)12-14-39(46)51/h4-6,11-14,27,32-34,42H,1-3,7-10,15-26,28-31H2,(H,54,60,61)/t32?,33?,42-/m0/s1. The van der Waals surface area contributed by atoms with Crippen molar-refractivity contribution in [1.29, 1.82) is 0 Å². The molecule has 3 saturated heterocycles. The van der Waals surface area contributed by atoms with Gasteiger partial charge in [0.2, 0.25) is 11.8 Å². The summed E-state index contributed by atoms with van der Waals surface area (Å²) in [4.78, 5) is 63.1. The molecule has 11 nitrogen and oxygen atoms in total. The van der Waals surface area contributed by atoms with Gasteiger partial charge in [0, 0.05) is 41.6 Å². The topological polar surface area (TPSA) is 117 Å². The Balaban J connectivity index is 0.638. The summed E-state index contributed by atoms with van der Waals surface area (Å²) in [5, 5.41) is 3.41. The number of nitrogens with zero attached hydrogens (tertiary/aromatic N) is 5. The minimum absolute atomic E-state index is 0.0241. The van der Waals surface area contributed by atoms with E-state index >= 15 is 0 Å². The van der Waals surface area contributed by atoms with E-state index in [1.807, 2.05) is 18.2 Å². The van der Waals surface area contributed by atoms with Gasteiger partial charge in [-0.2, -0.15) is 4.98 Å². The molecule has 1 atom stereocenters. The van der Waals surface area contributed by atoms with Crippen LogP contribution < -0.4 is 15.6 Å². The van der Waals surface area contributed by atoms with Crippen molar-refractivity contribution in [2.45, 2.75) is 126 Å². The van der Waals surface area contributed by atoms with Gasteiger partial charge in [-0.3, -0.25) is 29.1 Å². The molecule has 6 aliphatic heterocycles. The van der Waals surface area contributed by atoms with Crippen LogP contribution >= 0.6 is 11.6 Å². The molecule has 3 aromatic carbocycles. The first-order valence-electron chi connectivity index (χ1n) is 24.4. The number of hydrogen-bond acceptors (Lipinski definition) is 8. The molecular weight excluding hydrogens is 824 g/mol. The summed E-state index contributed by atoms with van der Waals surface area (Å²) >= 11 is 6.64. The lowest BCUT2D eigenvalue weighted by molar-refractivity contribution is -0.136. The predicted molar refractivity (Wildman–Crippen MR) is 245 cm³/mol. The van der Waals surface area contributed by atoms with Crippen LogP contribution in [0.2, 0.25) is 5.02 Å². The van der Waals surface area contributed by atoms with Gasteiger partial charge in [-0.05, 0) is 150 Å². The number of imide groups is 1. The van der Waals surface area contributed by atoms with Gasteiger partial charge in [-0.1, -0.05) is 55.1 Å². The first-order valence-corrected chi connectivity index (χ1v) is 24.8. The van der Waals surface area contributed by atoms with Gasteiger partial charge in [0.25, 0.3) is 11.5 Å². The van der Waals surface area contributed by atoms with Crippen molar-refractivity contribution in [3.63, 3.8) is 0 Å². The summed E-state index contributed by atoms with van der Waals surface area (Å²) in [6, 6.07) is 16.5. The van der Waals surface area contributed by atoms with E-state index in [1.54, 1.807) is 11.0 Å². The number of likely N-dealkylation sites (tertiary alicyclic amines) is 2. The van der Waals surface area contributed by atoms with E-state index in [1.165, 1.54) is 80.4 Å². The summed E-state index contributed by atoms with van der Waals surface area (Å²) in [6.45, 7) is 7.84. The van der Waals surface area contributed by atoms with E-state index in [0.29, 0.717) is 41.5 Å². The molecule has 2 aliphatic carbocycles. The molecule has 2 spiro atoms. The second kappa shape index (κ2) is 15.8. The molecule has 7 heterocycles. The average Bonchev–Trinajstić information content (AvgIpc) is 3.93. The highest BCUT2D eigenvalue weighted by Crippen LogP contribution is 2.53. The summed E-state index contributed by atoms with van der Waals surface area (Å²) in [7, 11) is 0. The second-order valence-corrected chi connectivity index (χ2v) is 21.2. The van der Waals surface area contributed by atoms with Gasteiger partial charge in [0.05, 0.1) is 40.2 Å². The van der Waals surface area contributed by atoms with Crippen molar-refractivity contribution in [2.75, 3.05) is 45.9 Å². The Morgan fingerprint density at radius 2 is 1.50 bits per heavy atom. The van der Waals surface area contributed by atoms with Crippen LogP contribution in [0, 0.1) is 11.8 Å². The zero-order valence-corrected chi connectivity index (χ0v) is 37.6. The highest BCUT2D eigenvalue weighted by molar-refractivity contribution is 6.35. The summed E-state index contributed by atoms with van der Waals surface area (Å²) in [6.07, 6.45) is 16.0. The number of piperidine rings is 3. The Kier molecular flexibility index (Phi) is 10.1. The van der Waals surface area contributed by atoms with Gasteiger partial charge >= 0.3 is 0 Å². The van der Waals surface area contributed by atoms with Crippen LogP contribution in [0.1, 0.15) is 141 Å². The molecule has 2 saturated carbocycles. The van der Waals surface area contributed by atoms with Gasteiger partial charge in [0.1, 0.15) is 17.6 Å². The summed E-state index contributed by atoms with van der Waals surface area (Å²) in [5.74, 6) is 3.05. The molecule has 1 aromatic heterocycles. The monoisotopic (exact) mass is 882 g/mol. The Morgan fingerprint density at radius 3 is 2.23 bits per heavy atom. The third-order valence-electron chi connectivity index (χ3n) is 17.4. The zero-order valence-electron chi connectivity index (χ0n) is 36.8. The smallest absolute Gasteiger partial charge is 0.282 e. The zero-order chi connectivity index (χ0) is 43.3. The quantitative estimate of drug-likeness (QED) is 0.196. The lowest BCUT2D eigenvalue weighted by Crippen LogP contribution is -2.52. The van der Waals surface area contributed by atoms with Gasteiger partial charge in [-0.15, -0.1) is 0 Å². The number of benzene rings is 3. The van der Waals surface area contributed by atoms with Crippen molar-refractivity contribution >= 4 is 40.2 Å². The molecule has 0 radical (unpaired) electrons. The van der Waals surface area contributed by atoms with Crippen molar-refractivity contribution in [1.82, 2.24) is 29.6 Å². The largest absolute Gasteiger partial charge is 0.492 e. The SMILES string of the molecule is O=C1CC[C@H](N2Cc3c(ccc4c3OCC43CCN(CC4CCC(CN5CCC(c6ccc7c(c6)-n6c(nc(=O)c8c(Cl)cccc86)C76CCCCC6)CC5)CC4)CC3)C2=O)C(=O)N1. The number of rotatable bonds is 6. The fourth-order valence-electron chi connectivity index (χ4n) is 13.8. The van der Waals surface area contributed by atoms with Crippen LogP contribution in [0.5, 0.6) is 5.75 Å². The predicted octanol–water partition coefficient (Wildman–Crippen LogP) is 7.78. The molecule has 0 unspecified atom stereocenters. The third-order valence-corrected chi connectivity index (χ3v) is 17.7. The Hall–Kier alpha value is -4.58. The van der Waals surface area contributed by atoms with Crippen LogP contribution in [-0.2, 0) is 27.0 Å². The number of amides is 3. The van der Waals surface area contributed by atoms with Crippen molar-refractivity contribution in [3.8, 4) is 11.4 Å². The lowest BCUT2D eigenvalue weighted by atomic mass is 9.69. The number of ether oxygens (including phenoxy) is 1. The Labute approximate surface area is 379 Å². The molecule has 3 amide bonds. The number of nitrogens with one attached hydrogen (secondary N) is 1. The summed E-state index contributed by atoms with van der Waals surface area (Å²) < 4.78 is 8.74. The maximum atomic E-state index is 13.4. The molecule has 12 rings (SSSR count). The second-order valence-electron chi connectivity index (χ2n) is 20.8. The lowest BCUT2D eigenvalue weighted by Gasteiger charge is -2.41. The Bertz CT molecular complexity index is 2630. The maximum absolute atomic E-state index is 13.4. The van der Waals surface area contributed by atoms with E-state index in [4.69, 9.17) is 21.3 Å². The van der Waals surface area contributed by atoms with E-state index < -0.39 is 6.04 Å². The molecule has 4 aromatic rings. The van der Waals surface area contributed by atoms with Crippen LogP contribution in [0.3, 0.4) is 0 Å². The molecule has 64 heavy (non-hydrogen) atoms. The summed E-state index contributed by atoms with van der Waals surface area (Å²) in [5.41, 5.74) is 7.19. The first-order chi connectivity index (χ1) is 31.2. The van der Waals surface area contributed by atoms with Crippen molar-refractivity contribution < 1.29 is 19.1 Å². The maximum Gasteiger partial charge on any atom is 0.282 e. The van der Waals surface area contributed by atoms with E-state index in [2.05, 4.69) is 43.9 Å². The van der Waals surface area contributed by atoms with Crippen molar-refractivity contribution in [2.24, 2.45) is 11.8 Å². The van der Waals surface area contributed by atoms with Crippen LogP contribution in [0.4, 0.5) is 0 Å². The van der Waals surface area contributed by atoms with Crippen LogP contribution in [-0.4, -0.2) is 93.9 Å². The van der Waals surface area contributed by atoms with Gasteiger partial charge in [-0.25, -0.2) is 0 Å². The highest BCUT2D eigenvalue weighted by Gasteiger charge is 2.49. The van der Waals surface area contributed by atoms with Gasteiger partial charge < -0.3 is 19.4 Å². The van der Waals surface area contributed by atoms with Crippen LogP contribution in [0.15, 0.2) is 53.3 Å². The number of carbonyl (C=O) groups excluding carboxylic acids is 3. The molecule has 5 fully saturated rings. The molecular formula is C52H59ClN6O5. The number of hydrogen-bond donors (Lipinski definition) is 1. The minimum atomic E-state index is -0.617. The first kappa shape index (κ1) is 40.9. The number of aromatic nitrogens is 2. The fraction of sp³-hybridized carbons (Fsp3) is 0.558. The third kappa shape index (κ3) is 6.60. The normalized spacial score (nSPS) is 26.5. The highest BCUT2D eigenvalue weighted by atomic mass is 35.5. The van der Waals surface area contributed by atoms with E-state index in [0.717, 1.165) is 99.2 Å². The Morgan fingerprint density at radius 1 is 0.781 bits per heavy atom. The minimum Gasteiger partial charge on any atom is -0.492 e. The molecule has 8 aliphatic rings.